The van der Waals surface area contributed by atoms with Crippen LogP contribution in [0.25, 0.3) is 0 Å². The van der Waals surface area contributed by atoms with Gasteiger partial charge in [0.15, 0.2) is 0 Å². The molecule has 0 saturated carbocycles. The van der Waals surface area contributed by atoms with Gasteiger partial charge in [-0.3, -0.25) is 0 Å². The molecule has 0 N–H and O–H groups in total. The average Bonchev–Trinajstić information content (AvgIpc) is 2.04. The molecule has 1 rings (SSSR count). The zero-order valence-corrected chi connectivity index (χ0v) is 8.91. The predicted molar refractivity (Wildman–Crippen MR) is 57.1 cm³/mol. The van der Waals surface area contributed by atoms with Crippen LogP contribution in [0.1, 0.15) is 19.4 Å². The van der Waals surface area contributed by atoms with Crippen molar-refractivity contribution in [2.75, 3.05) is 19.0 Å². The molecule has 72 valence electrons. The van der Waals surface area contributed by atoms with Crippen LogP contribution in [0, 0.1) is 5.92 Å². The van der Waals surface area contributed by atoms with Crippen molar-refractivity contribution in [1.82, 2.24) is 4.98 Å². The van der Waals surface area contributed by atoms with Crippen molar-refractivity contribution in [3.8, 4) is 0 Å². The standard InChI is InChI=1S/C11H18N2/c1-9(2)7-10-5-6-11(12-8-10)13(3)4/h5-6,8-9H,7H2,1-4H3. The quantitative estimate of drug-likeness (QED) is 0.706. The number of anilines is 1. The van der Waals surface area contributed by atoms with Gasteiger partial charge in [0, 0.05) is 20.3 Å². The summed E-state index contributed by atoms with van der Waals surface area (Å²) in [4.78, 5) is 6.37. The summed E-state index contributed by atoms with van der Waals surface area (Å²) in [6.45, 7) is 4.44. The highest BCUT2D eigenvalue weighted by Gasteiger charge is 1.99. The van der Waals surface area contributed by atoms with Gasteiger partial charge >= 0.3 is 0 Å². The minimum atomic E-state index is 0.701. The highest BCUT2D eigenvalue weighted by atomic mass is 15.1. The minimum absolute atomic E-state index is 0.701. The molecule has 0 aliphatic carbocycles. The van der Waals surface area contributed by atoms with Crippen LogP contribution in [0.2, 0.25) is 0 Å². The Morgan fingerprint density at radius 3 is 2.38 bits per heavy atom. The molecule has 0 atom stereocenters. The molecule has 1 heterocycles. The fourth-order valence-corrected chi connectivity index (χ4v) is 1.27. The molecule has 0 aromatic carbocycles. The van der Waals surface area contributed by atoms with Gasteiger partial charge in [-0.15, -0.1) is 0 Å². The Labute approximate surface area is 80.6 Å². The van der Waals surface area contributed by atoms with Crippen LogP contribution in [0.3, 0.4) is 0 Å². The Morgan fingerprint density at radius 1 is 1.31 bits per heavy atom. The molecule has 0 amide bonds. The summed E-state index contributed by atoms with van der Waals surface area (Å²) in [6, 6.07) is 4.22. The molecule has 2 heteroatoms. The first-order valence-electron chi connectivity index (χ1n) is 4.72. The monoisotopic (exact) mass is 178 g/mol. The van der Waals surface area contributed by atoms with Crippen molar-refractivity contribution >= 4 is 5.82 Å². The van der Waals surface area contributed by atoms with E-state index in [-0.39, 0.29) is 0 Å². The molecule has 0 radical (unpaired) electrons. The van der Waals surface area contributed by atoms with Gasteiger partial charge < -0.3 is 4.90 Å². The van der Waals surface area contributed by atoms with Gasteiger partial charge in [0.2, 0.25) is 0 Å². The third-order valence-corrected chi connectivity index (χ3v) is 1.91. The van der Waals surface area contributed by atoms with Crippen LogP contribution in [0.15, 0.2) is 18.3 Å². The van der Waals surface area contributed by atoms with Crippen molar-refractivity contribution in [2.45, 2.75) is 20.3 Å². The molecule has 0 bridgehead atoms. The third-order valence-electron chi connectivity index (χ3n) is 1.91. The summed E-state index contributed by atoms with van der Waals surface area (Å²) in [6.07, 6.45) is 3.08. The lowest BCUT2D eigenvalue weighted by Crippen LogP contribution is -2.10. The fourth-order valence-electron chi connectivity index (χ4n) is 1.27. The Balaban J connectivity index is 2.70. The molecule has 13 heavy (non-hydrogen) atoms. The van der Waals surface area contributed by atoms with E-state index in [0.29, 0.717) is 5.92 Å². The van der Waals surface area contributed by atoms with Gasteiger partial charge in [-0.2, -0.15) is 0 Å². The number of aromatic nitrogens is 1. The van der Waals surface area contributed by atoms with Crippen LogP contribution >= 0.6 is 0 Å². The number of rotatable bonds is 3. The van der Waals surface area contributed by atoms with Crippen molar-refractivity contribution in [1.29, 1.82) is 0 Å². The number of hydrogen-bond donors (Lipinski definition) is 0. The molecule has 0 unspecified atom stereocenters. The second-order valence-electron chi connectivity index (χ2n) is 4.02. The van der Waals surface area contributed by atoms with Crippen LogP contribution < -0.4 is 4.90 Å². The van der Waals surface area contributed by atoms with Gasteiger partial charge in [0.1, 0.15) is 5.82 Å². The zero-order chi connectivity index (χ0) is 9.84. The first kappa shape index (κ1) is 10.0. The number of pyridine rings is 1. The maximum atomic E-state index is 4.36. The third kappa shape index (κ3) is 3.05. The molecule has 2 nitrogen and oxygen atoms in total. The zero-order valence-electron chi connectivity index (χ0n) is 8.91. The van der Waals surface area contributed by atoms with Gasteiger partial charge in [-0.25, -0.2) is 4.98 Å². The molecular weight excluding hydrogens is 160 g/mol. The fraction of sp³-hybridized carbons (Fsp3) is 0.545. The van der Waals surface area contributed by atoms with Crippen molar-refractivity contribution < 1.29 is 0 Å². The Bertz CT molecular complexity index is 249. The normalized spacial score (nSPS) is 10.5. The van der Waals surface area contributed by atoms with Gasteiger partial charge in [0.25, 0.3) is 0 Å². The van der Waals surface area contributed by atoms with Crippen LogP contribution in [-0.2, 0) is 6.42 Å². The molecular formula is C11H18N2. The van der Waals surface area contributed by atoms with E-state index in [1.165, 1.54) is 5.56 Å². The minimum Gasteiger partial charge on any atom is -0.363 e. The van der Waals surface area contributed by atoms with E-state index in [0.717, 1.165) is 12.2 Å². The maximum Gasteiger partial charge on any atom is 0.127 e. The molecule has 0 fully saturated rings. The van der Waals surface area contributed by atoms with Crippen molar-refractivity contribution in [3.63, 3.8) is 0 Å². The Kier molecular flexibility index (Phi) is 3.29. The second-order valence-corrected chi connectivity index (χ2v) is 4.02. The lowest BCUT2D eigenvalue weighted by Gasteiger charge is -2.11. The highest BCUT2D eigenvalue weighted by Crippen LogP contribution is 2.11. The van der Waals surface area contributed by atoms with Gasteiger partial charge in [-0.1, -0.05) is 19.9 Å². The van der Waals surface area contributed by atoms with Crippen LogP contribution in [-0.4, -0.2) is 19.1 Å². The first-order valence-corrected chi connectivity index (χ1v) is 4.72. The average molecular weight is 178 g/mol. The van der Waals surface area contributed by atoms with Gasteiger partial charge in [-0.05, 0) is 24.0 Å². The Hall–Kier alpha value is -1.05. The second kappa shape index (κ2) is 4.26. The summed E-state index contributed by atoms with van der Waals surface area (Å²) in [5.74, 6) is 1.72. The van der Waals surface area contributed by atoms with Gasteiger partial charge in [0.05, 0.1) is 0 Å². The smallest absolute Gasteiger partial charge is 0.127 e. The van der Waals surface area contributed by atoms with E-state index in [9.17, 15) is 0 Å². The number of hydrogen-bond acceptors (Lipinski definition) is 2. The molecule has 1 aromatic rings. The van der Waals surface area contributed by atoms with E-state index in [1.54, 1.807) is 0 Å². The topological polar surface area (TPSA) is 16.1 Å². The lowest BCUT2D eigenvalue weighted by molar-refractivity contribution is 0.645. The SMILES string of the molecule is CC(C)Cc1ccc(N(C)C)nc1. The molecule has 0 aliphatic heterocycles. The summed E-state index contributed by atoms with van der Waals surface area (Å²) in [7, 11) is 4.01. The molecule has 0 spiro atoms. The summed E-state index contributed by atoms with van der Waals surface area (Å²) < 4.78 is 0. The highest BCUT2D eigenvalue weighted by molar-refractivity contribution is 5.37. The number of nitrogens with zero attached hydrogens (tertiary/aromatic N) is 2. The van der Waals surface area contributed by atoms with E-state index in [2.05, 4.69) is 31.0 Å². The summed E-state index contributed by atoms with van der Waals surface area (Å²) in [5, 5.41) is 0. The molecule has 0 aliphatic rings. The van der Waals surface area contributed by atoms with Crippen molar-refractivity contribution in [2.24, 2.45) is 5.92 Å². The van der Waals surface area contributed by atoms with E-state index < -0.39 is 0 Å². The molecule has 0 saturated heterocycles. The van der Waals surface area contributed by atoms with Crippen molar-refractivity contribution in [3.05, 3.63) is 23.9 Å². The van der Waals surface area contributed by atoms with E-state index in [4.69, 9.17) is 0 Å². The summed E-state index contributed by atoms with van der Waals surface area (Å²) >= 11 is 0. The maximum absolute atomic E-state index is 4.36. The van der Waals surface area contributed by atoms with E-state index >= 15 is 0 Å². The Morgan fingerprint density at radius 2 is 2.00 bits per heavy atom. The first-order chi connectivity index (χ1) is 6.09. The lowest BCUT2D eigenvalue weighted by atomic mass is 10.1. The predicted octanol–water partition coefficient (Wildman–Crippen LogP) is 2.35. The van der Waals surface area contributed by atoms with Crippen LogP contribution in [0.4, 0.5) is 5.82 Å². The molecule has 1 aromatic heterocycles. The van der Waals surface area contributed by atoms with Crippen LogP contribution in [0.5, 0.6) is 0 Å². The van der Waals surface area contributed by atoms with E-state index in [1.807, 2.05) is 25.2 Å². The summed E-state index contributed by atoms with van der Waals surface area (Å²) in [5.41, 5.74) is 1.32. The largest absolute Gasteiger partial charge is 0.363 e.